The highest BCUT2D eigenvalue weighted by molar-refractivity contribution is 9.10. The zero-order valence-corrected chi connectivity index (χ0v) is 12.8. The molecule has 19 heavy (non-hydrogen) atoms. The molecule has 3 nitrogen and oxygen atoms in total. The molecule has 2 rings (SSSR count). The van der Waals surface area contributed by atoms with E-state index < -0.39 is 5.97 Å². The van der Waals surface area contributed by atoms with Gasteiger partial charge in [-0.05, 0) is 37.0 Å². The molecule has 0 unspecified atom stereocenters. The molecule has 1 aromatic rings. The van der Waals surface area contributed by atoms with E-state index in [4.69, 9.17) is 5.11 Å². The van der Waals surface area contributed by atoms with E-state index in [2.05, 4.69) is 27.8 Å². The van der Waals surface area contributed by atoms with Crippen LogP contribution in [0, 0.1) is 5.92 Å². The highest BCUT2D eigenvalue weighted by Gasteiger charge is 2.19. The van der Waals surface area contributed by atoms with Crippen molar-refractivity contribution >= 4 is 27.6 Å². The van der Waals surface area contributed by atoms with E-state index in [1.54, 1.807) is 12.1 Å². The Morgan fingerprint density at radius 3 is 2.63 bits per heavy atom. The predicted molar refractivity (Wildman–Crippen MR) is 80.9 cm³/mol. The summed E-state index contributed by atoms with van der Waals surface area (Å²) in [5, 5.41) is 9.10. The largest absolute Gasteiger partial charge is 0.478 e. The second-order valence-corrected chi connectivity index (χ2v) is 6.14. The molecule has 1 fully saturated rings. The second kappa shape index (κ2) is 6.42. The van der Waals surface area contributed by atoms with E-state index in [0.717, 1.165) is 29.2 Å². The lowest BCUT2D eigenvalue weighted by molar-refractivity contribution is 0.0697. The Bertz CT molecular complexity index is 453. The first-order valence-electron chi connectivity index (χ1n) is 6.89. The van der Waals surface area contributed by atoms with Crippen LogP contribution in [0.1, 0.15) is 43.0 Å². The Morgan fingerprint density at radius 1 is 1.37 bits per heavy atom. The molecule has 1 N–H and O–H groups in total. The summed E-state index contributed by atoms with van der Waals surface area (Å²) in [6.45, 7) is 4.29. The normalized spacial score (nSPS) is 16.6. The highest BCUT2D eigenvalue weighted by atomic mass is 79.9. The molecule has 0 aromatic heterocycles. The van der Waals surface area contributed by atoms with Crippen molar-refractivity contribution in [3.05, 3.63) is 28.2 Å². The Hall–Kier alpha value is -1.03. The average Bonchev–Trinajstić information content (AvgIpc) is 2.39. The minimum absolute atomic E-state index is 0.347. The number of carboxylic acids is 1. The van der Waals surface area contributed by atoms with Gasteiger partial charge in [0, 0.05) is 23.2 Å². The summed E-state index contributed by atoms with van der Waals surface area (Å²) in [6, 6.07) is 5.43. The highest BCUT2D eigenvalue weighted by Crippen LogP contribution is 2.28. The molecule has 1 heterocycles. The van der Waals surface area contributed by atoms with Gasteiger partial charge in [0.2, 0.25) is 0 Å². The van der Waals surface area contributed by atoms with E-state index in [1.165, 1.54) is 25.7 Å². The van der Waals surface area contributed by atoms with Crippen molar-refractivity contribution in [1.29, 1.82) is 0 Å². The molecule has 0 aliphatic carbocycles. The molecule has 104 valence electrons. The maximum absolute atomic E-state index is 11.1. The SMILES string of the molecule is CCCC1CCN(c2cc(Br)cc(C(=O)O)c2)CC1. The number of rotatable bonds is 4. The average molecular weight is 326 g/mol. The molecule has 0 saturated carbocycles. The third-order valence-electron chi connectivity index (χ3n) is 3.81. The van der Waals surface area contributed by atoms with Crippen molar-refractivity contribution in [3.8, 4) is 0 Å². The first-order valence-corrected chi connectivity index (χ1v) is 7.68. The minimum atomic E-state index is -0.872. The van der Waals surface area contributed by atoms with Crippen LogP contribution in [0.4, 0.5) is 5.69 Å². The number of hydrogen-bond donors (Lipinski definition) is 1. The fourth-order valence-electron chi connectivity index (χ4n) is 2.77. The minimum Gasteiger partial charge on any atom is -0.478 e. The Morgan fingerprint density at radius 2 is 2.05 bits per heavy atom. The van der Waals surface area contributed by atoms with Crippen LogP contribution in [-0.2, 0) is 0 Å². The van der Waals surface area contributed by atoms with Crippen LogP contribution in [-0.4, -0.2) is 24.2 Å². The van der Waals surface area contributed by atoms with Gasteiger partial charge in [-0.25, -0.2) is 4.79 Å². The number of halogens is 1. The number of piperidine rings is 1. The van der Waals surface area contributed by atoms with E-state index in [0.29, 0.717) is 5.56 Å². The number of carbonyl (C=O) groups is 1. The molecular formula is C15H20BrNO2. The zero-order chi connectivity index (χ0) is 13.8. The molecule has 0 atom stereocenters. The van der Waals surface area contributed by atoms with E-state index in [9.17, 15) is 4.79 Å². The summed E-state index contributed by atoms with van der Waals surface area (Å²) in [5.41, 5.74) is 1.36. The van der Waals surface area contributed by atoms with Gasteiger partial charge in [0.25, 0.3) is 0 Å². The molecule has 0 bridgehead atoms. The van der Waals surface area contributed by atoms with Crippen LogP contribution in [0.3, 0.4) is 0 Å². The number of anilines is 1. The number of aromatic carboxylic acids is 1. The fourth-order valence-corrected chi connectivity index (χ4v) is 3.25. The van der Waals surface area contributed by atoms with Crippen molar-refractivity contribution < 1.29 is 9.90 Å². The van der Waals surface area contributed by atoms with Gasteiger partial charge in [-0.15, -0.1) is 0 Å². The molecule has 1 aliphatic rings. The Labute approximate surface area is 122 Å². The van der Waals surface area contributed by atoms with Crippen LogP contribution >= 0.6 is 15.9 Å². The number of hydrogen-bond acceptors (Lipinski definition) is 2. The second-order valence-electron chi connectivity index (χ2n) is 5.22. The summed E-state index contributed by atoms with van der Waals surface area (Å²) in [7, 11) is 0. The van der Waals surface area contributed by atoms with Gasteiger partial charge in [0.05, 0.1) is 5.56 Å². The molecule has 0 radical (unpaired) electrons. The zero-order valence-electron chi connectivity index (χ0n) is 11.2. The monoisotopic (exact) mass is 325 g/mol. The van der Waals surface area contributed by atoms with Gasteiger partial charge >= 0.3 is 5.97 Å². The van der Waals surface area contributed by atoms with Crippen LogP contribution < -0.4 is 4.90 Å². The topological polar surface area (TPSA) is 40.5 Å². The van der Waals surface area contributed by atoms with E-state index in [1.807, 2.05) is 6.07 Å². The van der Waals surface area contributed by atoms with Crippen LogP contribution in [0.15, 0.2) is 22.7 Å². The van der Waals surface area contributed by atoms with Crippen molar-refractivity contribution in [2.24, 2.45) is 5.92 Å². The van der Waals surface area contributed by atoms with Crippen molar-refractivity contribution in [1.82, 2.24) is 0 Å². The van der Waals surface area contributed by atoms with Gasteiger partial charge in [-0.2, -0.15) is 0 Å². The molecule has 1 aliphatic heterocycles. The third kappa shape index (κ3) is 3.72. The maximum atomic E-state index is 11.1. The smallest absolute Gasteiger partial charge is 0.335 e. The fraction of sp³-hybridized carbons (Fsp3) is 0.533. The molecule has 0 spiro atoms. The lowest BCUT2D eigenvalue weighted by atomic mass is 9.92. The number of carboxylic acid groups (broad SMARTS) is 1. The van der Waals surface area contributed by atoms with Gasteiger partial charge in [0.1, 0.15) is 0 Å². The van der Waals surface area contributed by atoms with Gasteiger partial charge in [-0.1, -0.05) is 35.7 Å². The van der Waals surface area contributed by atoms with E-state index >= 15 is 0 Å². The van der Waals surface area contributed by atoms with Crippen molar-refractivity contribution in [2.75, 3.05) is 18.0 Å². The summed E-state index contributed by atoms with van der Waals surface area (Å²) >= 11 is 3.39. The standard InChI is InChI=1S/C15H20BrNO2/c1-2-3-11-4-6-17(7-5-11)14-9-12(15(18)19)8-13(16)10-14/h8-11H,2-7H2,1H3,(H,18,19). The Balaban J connectivity index is 2.09. The summed E-state index contributed by atoms with van der Waals surface area (Å²) < 4.78 is 0.832. The summed E-state index contributed by atoms with van der Waals surface area (Å²) in [6.07, 6.45) is 4.99. The Kier molecular flexibility index (Phi) is 4.86. The molecular weight excluding hydrogens is 306 g/mol. The first-order chi connectivity index (χ1) is 9.10. The van der Waals surface area contributed by atoms with Gasteiger partial charge in [0.15, 0.2) is 0 Å². The molecule has 0 amide bonds. The van der Waals surface area contributed by atoms with Crippen LogP contribution in [0.25, 0.3) is 0 Å². The molecule has 1 aromatic carbocycles. The quantitative estimate of drug-likeness (QED) is 0.903. The van der Waals surface area contributed by atoms with Gasteiger partial charge < -0.3 is 10.0 Å². The summed E-state index contributed by atoms with van der Waals surface area (Å²) in [5.74, 6) is -0.0317. The van der Waals surface area contributed by atoms with Crippen molar-refractivity contribution in [3.63, 3.8) is 0 Å². The number of benzene rings is 1. The lowest BCUT2D eigenvalue weighted by Gasteiger charge is -2.33. The predicted octanol–water partition coefficient (Wildman–Crippen LogP) is 4.16. The van der Waals surface area contributed by atoms with Crippen molar-refractivity contribution in [2.45, 2.75) is 32.6 Å². The van der Waals surface area contributed by atoms with E-state index in [-0.39, 0.29) is 0 Å². The molecule has 4 heteroatoms. The summed E-state index contributed by atoms with van der Waals surface area (Å²) in [4.78, 5) is 13.4. The van der Waals surface area contributed by atoms with Gasteiger partial charge in [-0.3, -0.25) is 0 Å². The maximum Gasteiger partial charge on any atom is 0.335 e. The third-order valence-corrected chi connectivity index (χ3v) is 4.26. The van der Waals surface area contributed by atoms with Crippen LogP contribution in [0.5, 0.6) is 0 Å². The first kappa shape index (κ1) is 14.4. The van der Waals surface area contributed by atoms with Crippen LogP contribution in [0.2, 0.25) is 0 Å². The number of nitrogens with zero attached hydrogens (tertiary/aromatic N) is 1. The molecule has 1 saturated heterocycles. The lowest BCUT2D eigenvalue weighted by Crippen LogP contribution is -2.33.